The maximum atomic E-state index is 3.83. The molecule has 0 amide bonds. The monoisotopic (exact) mass is 146 g/mol. The van der Waals surface area contributed by atoms with E-state index in [0.29, 0.717) is 0 Å². The van der Waals surface area contributed by atoms with Gasteiger partial charge in [0.2, 0.25) is 0 Å². The van der Waals surface area contributed by atoms with Crippen LogP contribution in [0.15, 0.2) is 36.9 Å². The molecule has 0 spiro atoms. The van der Waals surface area contributed by atoms with Crippen LogP contribution in [0.3, 0.4) is 0 Å². The minimum Gasteiger partial charge on any atom is -0.0955 e. The van der Waals surface area contributed by atoms with Gasteiger partial charge in [-0.2, -0.15) is 0 Å². The summed E-state index contributed by atoms with van der Waals surface area (Å²) in [6, 6.07) is 10.2. The first-order valence-electron chi connectivity index (χ1n) is 3.01. The Morgan fingerprint density at radius 1 is 1.20 bits per heavy atom. The van der Waals surface area contributed by atoms with Gasteiger partial charge in [-0.05, 0) is 12.5 Å². The van der Waals surface area contributed by atoms with Crippen molar-refractivity contribution in [1.29, 1.82) is 0 Å². The summed E-state index contributed by atoms with van der Waals surface area (Å²) in [6.07, 6.45) is 0. The van der Waals surface area contributed by atoms with Crippen molar-refractivity contribution >= 4 is 16.5 Å². The first-order valence-corrected chi connectivity index (χ1v) is 3.01. The summed E-state index contributed by atoms with van der Waals surface area (Å²) in [5, 5.41) is 0. The molecule has 50 valence electrons. The Hall–Kier alpha value is -0.823. The second-order valence-corrected chi connectivity index (χ2v) is 2.15. The predicted octanol–water partition coefficient (Wildman–Crippen LogP) is 2.34. The van der Waals surface area contributed by atoms with Gasteiger partial charge in [0.15, 0.2) is 0 Å². The van der Waals surface area contributed by atoms with E-state index in [1.165, 1.54) is 5.56 Å². The van der Waals surface area contributed by atoms with Crippen molar-refractivity contribution in [3.8, 4) is 0 Å². The van der Waals surface area contributed by atoms with E-state index in [0.717, 1.165) is 5.57 Å². The summed E-state index contributed by atoms with van der Waals surface area (Å²) in [5.41, 5.74) is 2.34. The topological polar surface area (TPSA) is 0 Å². The quantitative estimate of drug-likeness (QED) is 0.533. The highest BCUT2D eigenvalue weighted by atomic mass is 28.1. The lowest BCUT2D eigenvalue weighted by Crippen LogP contribution is -1.72. The van der Waals surface area contributed by atoms with Crippen LogP contribution in [0.5, 0.6) is 0 Å². The Morgan fingerprint density at radius 2 is 1.70 bits per heavy atom. The largest absolute Gasteiger partial charge is 0.0955 e. The van der Waals surface area contributed by atoms with Gasteiger partial charge in [0.25, 0.3) is 0 Å². The van der Waals surface area contributed by atoms with Gasteiger partial charge in [0, 0.05) is 11.0 Å². The van der Waals surface area contributed by atoms with Crippen molar-refractivity contribution in [2.45, 2.75) is 6.92 Å². The fourth-order valence-electron chi connectivity index (χ4n) is 0.723. The fraction of sp³-hybridized carbons (Fsp3) is 0.111. The van der Waals surface area contributed by atoms with Crippen molar-refractivity contribution in [3.05, 3.63) is 42.5 Å². The van der Waals surface area contributed by atoms with Crippen LogP contribution >= 0.6 is 0 Å². The normalized spacial score (nSPS) is 8.10. The molecule has 10 heavy (non-hydrogen) atoms. The summed E-state index contributed by atoms with van der Waals surface area (Å²) < 4.78 is 0. The van der Waals surface area contributed by atoms with E-state index in [2.05, 4.69) is 18.7 Å². The number of hydrogen-bond donors (Lipinski definition) is 0. The summed E-state index contributed by atoms with van der Waals surface area (Å²) in [6.45, 7) is 5.83. The van der Waals surface area contributed by atoms with Crippen molar-refractivity contribution < 1.29 is 0 Å². The van der Waals surface area contributed by atoms with E-state index in [1.54, 1.807) is 0 Å². The molecule has 0 heterocycles. The van der Waals surface area contributed by atoms with Crippen LogP contribution in [0.25, 0.3) is 5.57 Å². The molecule has 0 saturated carbocycles. The fourth-order valence-corrected chi connectivity index (χ4v) is 0.723. The smallest absolute Gasteiger partial charge is 0 e. The zero-order valence-electron chi connectivity index (χ0n) is 6.09. The van der Waals surface area contributed by atoms with E-state index in [9.17, 15) is 0 Å². The molecular formula is C9H10Si. The van der Waals surface area contributed by atoms with Gasteiger partial charge >= 0.3 is 0 Å². The van der Waals surface area contributed by atoms with E-state index in [4.69, 9.17) is 0 Å². The van der Waals surface area contributed by atoms with Gasteiger partial charge in [-0.3, -0.25) is 0 Å². The predicted molar refractivity (Wildman–Crippen MR) is 46.9 cm³/mol. The minimum absolute atomic E-state index is 0. The molecule has 1 rings (SSSR count). The maximum Gasteiger partial charge on any atom is 0 e. The lowest BCUT2D eigenvalue weighted by molar-refractivity contribution is 1.58. The van der Waals surface area contributed by atoms with Gasteiger partial charge < -0.3 is 0 Å². The first kappa shape index (κ1) is 9.18. The lowest BCUT2D eigenvalue weighted by atomic mass is 10.1. The van der Waals surface area contributed by atoms with Crippen molar-refractivity contribution in [2.75, 3.05) is 0 Å². The van der Waals surface area contributed by atoms with Crippen molar-refractivity contribution in [2.24, 2.45) is 0 Å². The van der Waals surface area contributed by atoms with Gasteiger partial charge in [-0.1, -0.05) is 42.5 Å². The van der Waals surface area contributed by atoms with Crippen molar-refractivity contribution in [3.63, 3.8) is 0 Å². The summed E-state index contributed by atoms with van der Waals surface area (Å²) in [5.74, 6) is 0. The molecule has 0 aliphatic carbocycles. The Kier molecular flexibility index (Phi) is 3.73. The van der Waals surface area contributed by atoms with Crippen LogP contribution < -0.4 is 0 Å². The molecular weight excluding hydrogens is 136 g/mol. The Balaban J connectivity index is 0.000000810. The summed E-state index contributed by atoms with van der Waals surface area (Å²) in [4.78, 5) is 0. The zero-order chi connectivity index (χ0) is 6.69. The van der Waals surface area contributed by atoms with E-state index < -0.39 is 0 Å². The SMILES string of the molecule is C=C(C)c1ccccc1.[Si]. The molecule has 0 aliphatic rings. The van der Waals surface area contributed by atoms with Crippen LogP contribution in [0, 0.1) is 0 Å². The van der Waals surface area contributed by atoms with E-state index >= 15 is 0 Å². The maximum absolute atomic E-state index is 3.83. The molecule has 0 aromatic heterocycles. The number of hydrogen-bond acceptors (Lipinski definition) is 0. The van der Waals surface area contributed by atoms with E-state index in [1.807, 2.05) is 25.1 Å². The molecule has 0 atom stereocenters. The van der Waals surface area contributed by atoms with Crippen LogP contribution in [0.4, 0.5) is 0 Å². The number of benzene rings is 1. The zero-order valence-corrected chi connectivity index (χ0v) is 7.09. The Labute approximate surface area is 66.6 Å². The van der Waals surface area contributed by atoms with Crippen LogP contribution in [-0.2, 0) is 0 Å². The second-order valence-electron chi connectivity index (χ2n) is 2.15. The molecule has 0 fully saturated rings. The average molecular weight is 146 g/mol. The highest BCUT2D eigenvalue weighted by molar-refractivity contribution is 5.75. The van der Waals surface area contributed by atoms with Crippen molar-refractivity contribution in [1.82, 2.24) is 0 Å². The van der Waals surface area contributed by atoms with Gasteiger partial charge in [-0.15, -0.1) is 0 Å². The van der Waals surface area contributed by atoms with Crippen LogP contribution in [-0.4, -0.2) is 11.0 Å². The number of rotatable bonds is 1. The van der Waals surface area contributed by atoms with E-state index in [-0.39, 0.29) is 11.0 Å². The van der Waals surface area contributed by atoms with Crippen LogP contribution in [0.2, 0.25) is 0 Å². The number of allylic oxidation sites excluding steroid dienone is 1. The van der Waals surface area contributed by atoms with Gasteiger partial charge in [0.1, 0.15) is 0 Å². The highest BCUT2D eigenvalue weighted by Crippen LogP contribution is 2.08. The molecule has 0 bridgehead atoms. The molecule has 1 aromatic rings. The summed E-state index contributed by atoms with van der Waals surface area (Å²) in [7, 11) is 0. The Morgan fingerprint density at radius 3 is 2.00 bits per heavy atom. The molecule has 4 radical (unpaired) electrons. The molecule has 0 saturated heterocycles. The third-order valence-electron chi connectivity index (χ3n) is 1.27. The lowest BCUT2D eigenvalue weighted by Gasteiger charge is -1.94. The highest BCUT2D eigenvalue weighted by Gasteiger charge is 1.86. The van der Waals surface area contributed by atoms with Gasteiger partial charge in [-0.25, -0.2) is 0 Å². The standard InChI is InChI=1S/C9H10.Si/c1-8(2)9-6-4-3-5-7-9;/h3-7H,1H2,2H3;. The summed E-state index contributed by atoms with van der Waals surface area (Å²) >= 11 is 0. The molecule has 0 N–H and O–H groups in total. The Bertz CT molecular complexity index is 201. The average Bonchev–Trinajstić information content (AvgIpc) is 1.90. The first-order chi connectivity index (χ1) is 4.30. The van der Waals surface area contributed by atoms with Crippen LogP contribution in [0.1, 0.15) is 12.5 Å². The third kappa shape index (κ3) is 2.19. The third-order valence-corrected chi connectivity index (χ3v) is 1.27. The molecule has 1 aromatic carbocycles. The minimum atomic E-state index is 0. The molecule has 0 unspecified atom stereocenters. The molecule has 0 nitrogen and oxygen atoms in total. The molecule has 1 heteroatoms. The second kappa shape index (κ2) is 4.07. The molecule has 0 aliphatic heterocycles. The van der Waals surface area contributed by atoms with Gasteiger partial charge in [0.05, 0.1) is 0 Å².